The molecule has 1 nitrogen and oxygen atoms in total. The zero-order chi connectivity index (χ0) is 20.8. The molecule has 156 valence electrons. The van der Waals surface area contributed by atoms with Crippen molar-refractivity contribution in [3.05, 3.63) is 114 Å². The Morgan fingerprint density at radius 2 is 1.23 bits per heavy atom. The van der Waals surface area contributed by atoms with Gasteiger partial charge in [0.2, 0.25) is 0 Å². The molecular weight excluding hydrogens is 515 g/mol. The van der Waals surface area contributed by atoms with Gasteiger partial charge in [-0.2, -0.15) is 0 Å². The zero-order valence-electron chi connectivity index (χ0n) is 17.4. The van der Waals surface area contributed by atoms with E-state index in [1.165, 1.54) is 35.8 Å². The van der Waals surface area contributed by atoms with E-state index in [0.717, 1.165) is 8.73 Å². The molecule has 1 unspecified atom stereocenters. The predicted octanol–water partition coefficient (Wildman–Crippen LogP) is 8.07. The van der Waals surface area contributed by atoms with Gasteiger partial charge in [-0.05, 0) is 0 Å². The number of allylic oxidation sites excluding steroid dienone is 2. The molecule has 0 saturated heterocycles. The van der Waals surface area contributed by atoms with Crippen molar-refractivity contribution in [3.8, 4) is 0 Å². The molecule has 4 rings (SSSR count). The number of halogens is 1. The summed E-state index contributed by atoms with van der Waals surface area (Å²) in [5, 5.41) is -0.525. The fourth-order valence-corrected chi connectivity index (χ4v) is 16.0. The quantitative estimate of drug-likeness (QED) is 0.157. The SMILES string of the molecule is CCCCN(Pc1ccccc1)[PH]1(I)[C@@H](c2ccccc2)C=C[C@H]1c1ccccc1. The number of hydrogen-bond acceptors (Lipinski definition) is 1. The molecule has 3 aromatic rings. The van der Waals surface area contributed by atoms with E-state index in [0.29, 0.717) is 11.3 Å². The summed E-state index contributed by atoms with van der Waals surface area (Å²) in [5.41, 5.74) is 3.93. The molecule has 1 heterocycles. The molecule has 0 amide bonds. The Morgan fingerprint density at radius 1 is 0.767 bits per heavy atom. The van der Waals surface area contributed by atoms with Crippen LogP contribution in [0, 0.1) is 0 Å². The van der Waals surface area contributed by atoms with E-state index >= 15 is 0 Å². The molecule has 0 fully saturated rings. The Morgan fingerprint density at radius 3 is 1.70 bits per heavy atom. The van der Waals surface area contributed by atoms with Crippen LogP contribution in [0.4, 0.5) is 0 Å². The van der Waals surface area contributed by atoms with Crippen LogP contribution >= 0.6 is 35.8 Å². The maximum absolute atomic E-state index is 2.93. The van der Waals surface area contributed by atoms with Crippen molar-refractivity contribution in [2.45, 2.75) is 31.1 Å². The summed E-state index contributed by atoms with van der Waals surface area (Å²) in [4.78, 5) is 0. The van der Waals surface area contributed by atoms with Crippen molar-refractivity contribution < 1.29 is 0 Å². The van der Waals surface area contributed by atoms with Crippen molar-refractivity contribution in [3.63, 3.8) is 0 Å². The van der Waals surface area contributed by atoms with Gasteiger partial charge in [0.15, 0.2) is 0 Å². The third-order valence-corrected chi connectivity index (χ3v) is 19.4. The van der Waals surface area contributed by atoms with Crippen molar-refractivity contribution in [2.24, 2.45) is 0 Å². The number of unbranched alkanes of at least 4 members (excludes halogenated alkanes) is 1. The normalized spacial score (nSPS) is 21.4. The van der Waals surface area contributed by atoms with E-state index in [9.17, 15) is 0 Å². The van der Waals surface area contributed by atoms with Gasteiger partial charge in [0.25, 0.3) is 0 Å². The molecule has 3 atom stereocenters. The summed E-state index contributed by atoms with van der Waals surface area (Å²) in [6.07, 6.45) is 7.51. The first-order valence-electron chi connectivity index (χ1n) is 10.8. The molecule has 0 bridgehead atoms. The van der Waals surface area contributed by atoms with Gasteiger partial charge in [0.05, 0.1) is 0 Å². The van der Waals surface area contributed by atoms with Crippen LogP contribution in [-0.2, 0) is 0 Å². The number of rotatable bonds is 8. The summed E-state index contributed by atoms with van der Waals surface area (Å²) in [5.74, 6) is 0. The van der Waals surface area contributed by atoms with Gasteiger partial charge < -0.3 is 0 Å². The second-order valence-corrected chi connectivity index (χ2v) is 18.1. The molecule has 4 heteroatoms. The van der Waals surface area contributed by atoms with Gasteiger partial charge in [0, 0.05) is 0 Å². The van der Waals surface area contributed by atoms with E-state index < -0.39 is 5.06 Å². The zero-order valence-corrected chi connectivity index (χ0v) is 21.6. The maximum atomic E-state index is 2.93. The molecule has 0 aromatic heterocycles. The monoisotopic (exact) mass is 545 g/mol. The van der Waals surface area contributed by atoms with Crippen molar-refractivity contribution in [1.29, 1.82) is 0 Å². The van der Waals surface area contributed by atoms with Gasteiger partial charge in [-0.3, -0.25) is 0 Å². The minimum absolute atomic E-state index is 0.498. The van der Waals surface area contributed by atoms with Gasteiger partial charge in [0.1, 0.15) is 0 Å². The molecule has 1 aliphatic heterocycles. The third-order valence-electron chi connectivity index (χ3n) is 5.87. The summed E-state index contributed by atoms with van der Waals surface area (Å²) < 4.78 is 2.90. The third kappa shape index (κ3) is 4.73. The predicted molar refractivity (Wildman–Crippen MR) is 146 cm³/mol. The Labute approximate surface area is 196 Å². The van der Waals surface area contributed by atoms with Crippen LogP contribution in [0.25, 0.3) is 0 Å². The molecule has 0 N–H and O–H groups in total. The summed E-state index contributed by atoms with van der Waals surface area (Å²) in [7, 11) is 0.720. The van der Waals surface area contributed by atoms with Gasteiger partial charge in [-0.15, -0.1) is 0 Å². The average molecular weight is 545 g/mol. The first-order chi connectivity index (χ1) is 14.7. The fraction of sp³-hybridized carbons (Fsp3) is 0.231. The molecule has 0 saturated carbocycles. The Bertz CT molecular complexity index is 897. The van der Waals surface area contributed by atoms with E-state index in [-0.39, 0.29) is 0 Å². The first-order valence-corrected chi connectivity index (χ1v) is 17.0. The summed E-state index contributed by atoms with van der Waals surface area (Å²) in [6, 6.07) is 33.4. The minimum atomic E-state index is -1.97. The number of hydrogen-bond donors (Lipinski definition) is 0. The van der Waals surface area contributed by atoms with Gasteiger partial charge in [-0.1, -0.05) is 0 Å². The van der Waals surface area contributed by atoms with E-state index in [4.69, 9.17) is 0 Å². The number of nitrogens with zero attached hydrogens (tertiary/aromatic N) is 1. The molecule has 3 aromatic carbocycles. The Balaban J connectivity index is 1.78. The summed E-state index contributed by atoms with van der Waals surface area (Å²) >= 11 is 2.93. The molecule has 1 aliphatic rings. The number of benzene rings is 3. The molecule has 30 heavy (non-hydrogen) atoms. The average Bonchev–Trinajstić information content (AvgIpc) is 3.16. The van der Waals surface area contributed by atoms with Crippen LogP contribution in [0.5, 0.6) is 0 Å². The first kappa shape index (κ1) is 22.2. The van der Waals surface area contributed by atoms with Gasteiger partial charge >= 0.3 is 197 Å². The van der Waals surface area contributed by atoms with Crippen LogP contribution < -0.4 is 5.30 Å². The standard InChI is InChI=1S/C26H30INP2/c1-2-3-21-28(29-24-17-11-6-12-18-24)30(27)25(22-13-7-4-8-14-22)19-20-26(30)23-15-9-5-10-16-23/h4-20,25-26,29-30H,2-3,21H2,1H3/t25-,26+. The molecule has 0 radical (unpaired) electrons. The Kier molecular flexibility index (Phi) is 7.76. The van der Waals surface area contributed by atoms with Crippen molar-refractivity contribution in [1.82, 2.24) is 4.44 Å². The van der Waals surface area contributed by atoms with Crippen LogP contribution in [0.2, 0.25) is 0 Å². The van der Waals surface area contributed by atoms with E-state index in [1.807, 2.05) is 0 Å². The molecule has 0 spiro atoms. The fourth-order valence-electron chi connectivity index (χ4n) is 4.33. The molecular formula is C26H30INP2. The second-order valence-electron chi connectivity index (χ2n) is 7.87. The van der Waals surface area contributed by atoms with Crippen LogP contribution in [0.15, 0.2) is 103 Å². The van der Waals surface area contributed by atoms with Crippen LogP contribution in [0.3, 0.4) is 0 Å². The topological polar surface area (TPSA) is 3.24 Å². The van der Waals surface area contributed by atoms with Crippen molar-refractivity contribution >= 4 is 41.1 Å². The molecule has 0 aliphatic carbocycles. The van der Waals surface area contributed by atoms with Crippen LogP contribution in [-0.4, -0.2) is 11.0 Å². The Hall–Kier alpha value is -1.05. The van der Waals surface area contributed by atoms with E-state index in [1.54, 1.807) is 0 Å². The van der Waals surface area contributed by atoms with Crippen LogP contribution in [0.1, 0.15) is 42.2 Å². The second kappa shape index (κ2) is 10.5. The van der Waals surface area contributed by atoms with Gasteiger partial charge in [-0.25, -0.2) is 0 Å². The summed E-state index contributed by atoms with van der Waals surface area (Å²) in [6.45, 7) is 3.48. The van der Waals surface area contributed by atoms with Crippen molar-refractivity contribution in [2.75, 3.05) is 6.54 Å². The van der Waals surface area contributed by atoms with E-state index in [2.05, 4.69) is 137 Å².